The zero-order valence-corrected chi connectivity index (χ0v) is 4.34. The Hall–Kier alpha value is -0.320. The highest BCUT2D eigenvalue weighted by atomic mass is 32.3. The molecule has 1 N–H and O–H groups in total. The molecule has 0 saturated heterocycles. The summed E-state index contributed by atoms with van der Waals surface area (Å²) in [7, 11) is -4.32. The lowest BCUT2D eigenvalue weighted by Crippen LogP contribution is -1.94. The molecule has 0 aromatic carbocycles. The molecule has 2 nitrogen and oxygen atoms in total. The summed E-state index contributed by atoms with van der Waals surface area (Å²) < 4.78 is 22.7. The maximum atomic E-state index is 11.3. The number of hydrogen-bond acceptors (Lipinski definition) is 1. The molecule has 0 rings (SSSR count). The Labute approximate surface area is 41.0 Å². The van der Waals surface area contributed by atoms with Gasteiger partial charge in [-0.1, -0.05) is 0 Å². The van der Waals surface area contributed by atoms with E-state index in [1.807, 2.05) is 0 Å². The van der Waals surface area contributed by atoms with Crippen molar-refractivity contribution >= 4 is 16.1 Å². The molecule has 0 bridgehead atoms. The van der Waals surface area contributed by atoms with E-state index in [9.17, 15) is 12.6 Å². The summed E-state index contributed by atoms with van der Waals surface area (Å²) in [6.45, 7) is 0. The Bertz CT molecular complexity index is 86.2. The van der Waals surface area contributed by atoms with Crippen LogP contribution in [0.3, 0.4) is 0 Å². The molecule has 0 unspecified atom stereocenters. The van der Waals surface area contributed by atoms with Crippen molar-refractivity contribution in [2.24, 2.45) is 0 Å². The highest BCUT2D eigenvalue weighted by Gasteiger charge is 2.24. The predicted octanol–water partition coefficient (Wildman–Crippen LogP) is 1.87. The van der Waals surface area contributed by atoms with Crippen molar-refractivity contribution in [3.05, 3.63) is 0 Å². The summed E-state index contributed by atoms with van der Waals surface area (Å²) in [5.41, 5.74) is 0. The third-order valence-corrected chi connectivity index (χ3v) is 0.920. The van der Waals surface area contributed by atoms with E-state index in [-0.39, 0.29) is 0 Å². The molecular weight excluding hydrogens is 126 g/mol. The van der Waals surface area contributed by atoms with Gasteiger partial charge in [0.15, 0.2) is 10.8 Å². The summed E-state index contributed by atoms with van der Waals surface area (Å²) in [6, 6.07) is 0. The zero-order chi connectivity index (χ0) is 6.08. The molecule has 0 aromatic heterocycles. The quantitative estimate of drug-likeness (QED) is 0.543. The summed E-state index contributed by atoms with van der Waals surface area (Å²) in [5.74, 6) is 0. The molecule has 0 fully saturated rings. The topological polar surface area (TPSA) is 37.3 Å². The highest BCUT2D eigenvalue weighted by Crippen LogP contribution is 2.47. The Morgan fingerprint density at radius 3 is 1.86 bits per heavy atom. The van der Waals surface area contributed by atoms with Gasteiger partial charge in [-0.25, -0.2) is 4.79 Å². The Balaban J connectivity index is 3.79. The van der Waals surface area contributed by atoms with Crippen LogP contribution in [0.5, 0.6) is 0 Å². The number of rotatable bonds is 0. The molecule has 0 heterocycles. The van der Waals surface area contributed by atoms with E-state index in [1.54, 1.807) is 0 Å². The lowest BCUT2D eigenvalue weighted by Gasteiger charge is -2.04. The van der Waals surface area contributed by atoms with Crippen LogP contribution < -0.4 is 0 Å². The number of halogens is 2. The van der Waals surface area contributed by atoms with Gasteiger partial charge in [-0.05, 0) is 0 Å². The van der Waals surface area contributed by atoms with Gasteiger partial charge in [-0.15, -0.1) is 7.77 Å². The van der Waals surface area contributed by atoms with Crippen molar-refractivity contribution in [3.8, 4) is 0 Å². The molecule has 0 atom stereocenters. The molecule has 0 saturated carbocycles. The molecule has 7 heavy (non-hydrogen) atoms. The SMILES string of the molecule is CS(F)(F)C(=O)O. The average Bonchev–Trinajstić information content (AvgIpc) is 1.31. The second kappa shape index (κ2) is 1.65. The van der Waals surface area contributed by atoms with Crippen molar-refractivity contribution in [1.82, 2.24) is 0 Å². The Morgan fingerprint density at radius 2 is 1.86 bits per heavy atom. The first-order chi connectivity index (χ1) is 2.94. The lowest BCUT2D eigenvalue weighted by molar-refractivity contribution is 0.219. The van der Waals surface area contributed by atoms with Crippen LogP contribution in [-0.4, -0.2) is 16.7 Å². The lowest BCUT2D eigenvalue weighted by atomic mass is 11.6. The van der Waals surface area contributed by atoms with Crippen molar-refractivity contribution in [3.63, 3.8) is 0 Å². The maximum Gasteiger partial charge on any atom is 0.402 e. The van der Waals surface area contributed by atoms with Gasteiger partial charge in [-0.2, -0.15) is 0 Å². The van der Waals surface area contributed by atoms with Crippen LogP contribution in [0.25, 0.3) is 0 Å². The van der Waals surface area contributed by atoms with Crippen LogP contribution in [-0.2, 0) is 0 Å². The van der Waals surface area contributed by atoms with Crippen molar-refractivity contribution in [2.75, 3.05) is 6.26 Å². The van der Waals surface area contributed by atoms with E-state index in [1.165, 1.54) is 0 Å². The van der Waals surface area contributed by atoms with Crippen LogP contribution in [0.4, 0.5) is 12.6 Å². The minimum absolute atomic E-state index is 0.412. The van der Waals surface area contributed by atoms with E-state index in [2.05, 4.69) is 0 Å². The summed E-state index contributed by atoms with van der Waals surface area (Å²) in [4.78, 5) is 9.31. The molecule has 44 valence electrons. The fourth-order valence-electron chi connectivity index (χ4n) is 0. The molecule has 0 aliphatic carbocycles. The van der Waals surface area contributed by atoms with E-state index < -0.39 is 16.1 Å². The van der Waals surface area contributed by atoms with Gasteiger partial charge >= 0.3 is 5.30 Å². The van der Waals surface area contributed by atoms with Crippen molar-refractivity contribution in [1.29, 1.82) is 0 Å². The summed E-state index contributed by atoms with van der Waals surface area (Å²) in [5, 5.41) is 5.53. The third kappa shape index (κ3) is 2.38. The smallest absolute Gasteiger partial charge is 0.402 e. The fourth-order valence-corrected chi connectivity index (χ4v) is 0. The summed E-state index contributed by atoms with van der Waals surface area (Å²) in [6.07, 6.45) is 0.412. The molecule has 0 spiro atoms. The minimum atomic E-state index is -4.32. The minimum Gasteiger partial charge on any atom is -0.471 e. The molecule has 0 radical (unpaired) electrons. The first kappa shape index (κ1) is 6.68. The molecule has 0 aliphatic rings. The summed E-state index contributed by atoms with van der Waals surface area (Å²) >= 11 is 0. The van der Waals surface area contributed by atoms with E-state index in [4.69, 9.17) is 5.11 Å². The molecule has 5 heteroatoms. The third-order valence-electron chi connectivity index (χ3n) is 0.307. The Kier molecular flexibility index (Phi) is 1.58. The molecule has 0 amide bonds. The average molecular weight is 130 g/mol. The first-order valence-electron chi connectivity index (χ1n) is 1.35. The number of hydrogen-bond donors (Lipinski definition) is 1. The molecule has 0 aromatic rings. The molecular formula is C2H4F2O2S. The van der Waals surface area contributed by atoms with Crippen LogP contribution in [0.2, 0.25) is 0 Å². The van der Waals surface area contributed by atoms with E-state index in [0.717, 1.165) is 0 Å². The maximum absolute atomic E-state index is 11.3. The highest BCUT2D eigenvalue weighted by molar-refractivity contribution is 8.36. The number of carboxylic acid groups (broad SMARTS) is 1. The standard InChI is InChI=1S/C2H4F2O2S/c1-7(3,4)2(5)6/h1H3,(H,5,6). The van der Waals surface area contributed by atoms with Crippen LogP contribution >= 0.6 is 10.8 Å². The second-order valence-corrected chi connectivity index (χ2v) is 2.79. The van der Waals surface area contributed by atoms with E-state index >= 15 is 0 Å². The largest absolute Gasteiger partial charge is 0.471 e. The zero-order valence-electron chi connectivity index (χ0n) is 3.52. The van der Waals surface area contributed by atoms with Gasteiger partial charge in [0.25, 0.3) is 0 Å². The van der Waals surface area contributed by atoms with Crippen molar-refractivity contribution < 1.29 is 17.7 Å². The second-order valence-electron chi connectivity index (χ2n) is 0.991. The van der Waals surface area contributed by atoms with Gasteiger partial charge in [0, 0.05) is 6.26 Å². The van der Waals surface area contributed by atoms with Gasteiger partial charge in [0.1, 0.15) is 0 Å². The van der Waals surface area contributed by atoms with Gasteiger partial charge < -0.3 is 5.11 Å². The van der Waals surface area contributed by atoms with Crippen molar-refractivity contribution in [2.45, 2.75) is 0 Å². The van der Waals surface area contributed by atoms with Crippen LogP contribution in [0.1, 0.15) is 0 Å². The van der Waals surface area contributed by atoms with Crippen LogP contribution in [0, 0.1) is 0 Å². The van der Waals surface area contributed by atoms with Gasteiger partial charge in [-0.3, -0.25) is 0 Å². The Morgan fingerprint density at radius 1 is 1.71 bits per heavy atom. The first-order valence-corrected chi connectivity index (χ1v) is 3.19. The number of carbonyl (C=O) groups is 1. The monoisotopic (exact) mass is 130 g/mol. The van der Waals surface area contributed by atoms with E-state index in [0.29, 0.717) is 6.26 Å². The fraction of sp³-hybridized carbons (Fsp3) is 0.500. The van der Waals surface area contributed by atoms with Gasteiger partial charge in [0.2, 0.25) is 0 Å². The molecule has 0 aliphatic heterocycles. The predicted molar refractivity (Wildman–Crippen MR) is 23.8 cm³/mol. The van der Waals surface area contributed by atoms with Gasteiger partial charge in [0.05, 0.1) is 0 Å². The van der Waals surface area contributed by atoms with Crippen LogP contribution in [0.15, 0.2) is 0 Å². The normalized spacial score (nSPS) is 13.6.